The van der Waals surface area contributed by atoms with Gasteiger partial charge in [0.05, 0.1) is 0 Å². The van der Waals surface area contributed by atoms with Gasteiger partial charge in [-0.1, -0.05) is 12.1 Å². The van der Waals surface area contributed by atoms with E-state index in [2.05, 4.69) is 28.0 Å². The van der Waals surface area contributed by atoms with Crippen LogP contribution in [0.2, 0.25) is 0 Å². The number of piperazine rings is 1. The Balaban J connectivity index is 1.36. The smallest absolute Gasteiger partial charge is 0.0316 e. The lowest BCUT2D eigenvalue weighted by Crippen LogP contribution is -2.47. The van der Waals surface area contributed by atoms with Crippen LogP contribution in [0.3, 0.4) is 0 Å². The molecule has 0 atom stereocenters. The van der Waals surface area contributed by atoms with Crippen molar-refractivity contribution in [3.05, 3.63) is 29.8 Å². The highest BCUT2D eigenvalue weighted by Gasteiger charge is 2.30. The normalized spacial score (nSPS) is 21.7. The number of rotatable bonds is 5. The van der Waals surface area contributed by atoms with Crippen molar-refractivity contribution in [3.8, 4) is 0 Å². The van der Waals surface area contributed by atoms with Crippen molar-refractivity contribution >= 4 is 5.69 Å². The molecule has 2 aliphatic rings. The average molecular weight is 259 g/mol. The first kappa shape index (κ1) is 12.9. The summed E-state index contributed by atoms with van der Waals surface area (Å²) >= 11 is 0. The fraction of sp³-hybridized carbons (Fsp3) is 0.625. The van der Waals surface area contributed by atoms with Gasteiger partial charge in [0.25, 0.3) is 0 Å². The molecule has 0 bridgehead atoms. The third-order valence-electron chi connectivity index (χ3n) is 4.36. The van der Waals surface area contributed by atoms with Crippen molar-refractivity contribution in [3.63, 3.8) is 0 Å². The third kappa shape index (κ3) is 3.71. The summed E-state index contributed by atoms with van der Waals surface area (Å²) in [7, 11) is 0. The lowest BCUT2D eigenvalue weighted by molar-refractivity contribution is 0.126. The molecule has 0 aromatic heterocycles. The van der Waals surface area contributed by atoms with Crippen LogP contribution in [0.5, 0.6) is 0 Å². The van der Waals surface area contributed by atoms with E-state index in [1.54, 1.807) is 0 Å². The molecule has 1 heterocycles. The molecular formula is C16H25N3. The highest BCUT2D eigenvalue weighted by molar-refractivity contribution is 5.40. The van der Waals surface area contributed by atoms with Gasteiger partial charge in [0.1, 0.15) is 0 Å². The second kappa shape index (κ2) is 5.93. The number of nitrogen functional groups attached to an aromatic ring is 1. The van der Waals surface area contributed by atoms with Gasteiger partial charge in [-0.2, -0.15) is 0 Å². The van der Waals surface area contributed by atoms with Crippen LogP contribution in [-0.4, -0.2) is 48.6 Å². The molecule has 19 heavy (non-hydrogen) atoms. The topological polar surface area (TPSA) is 32.5 Å². The van der Waals surface area contributed by atoms with E-state index in [0.29, 0.717) is 0 Å². The highest BCUT2D eigenvalue weighted by atomic mass is 15.3. The Morgan fingerprint density at radius 2 is 1.89 bits per heavy atom. The maximum Gasteiger partial charge on any atom is 0.0316 e. The summed E-state index contributed by atoms with van der Waals surface area (Å²) in [6.45, 7) is 6.31. The summed E-state index contributed by atoms with van der Waals surface area (Å²) in [6, 6.07) is 9.24. The second-order valence-electron chi connectivity index (χ2n) is 5.96. The summed E-state index contributed by atoms with van der Waals surface area (Å²) in [4.78, 5) is 5.29. The number of aryl methyl sites for hydroxylation is 1. The number of hydrogen-bond acceptors (Lipinski definition) is 3. The van der Waals surface area contributed by atoms with Gasteiger partial charge in [-0.25, -0.2) is 0 Å². The number of nitrogens with zero attached hydrogens (tertiary/aromatic N) is 2. The van der Waals surface area contributed by atoms with E-state index in [-0.39, 0.29) is 0 Å². The van der Waals surface area contributed by atoms with Crippen molar-refractivity contribution in [2.24, 2.45) is 0 Å². The van der Waals surface area contributed by atoms with Gasteiger partial charge in [-0.05, 0) is 49.9 Å². The molecule has 1 aromatic carbocycles. The molecular weight excluding hydrogens is 234 g/mol. The fourth-order valence-corrected chi connectivity index (χ4v) is 3.05. The Hall–Kier alpha value is -1.06. The molecule has 104 valence electrons. The first-order valence-electron chi connectivity index (χ1n) is 7.62. The molecule has 1 aliphatic carbocycles. The van der Waals surface area contributed by atoms with Crippen molar-refractivity contribution in [2.45, 2.75) is 31.7 Å². The van der Waals surface area contributed by atoms with Crippen LogP contribution in [-0.2, 0) is 6.42 Å². The molecule has 2 N–H and O–H groups in total. The first-order valence-corrected chi connectivity index (χ1v) is 7.62. The number of anilines is 1. The Morgan fingerprint density at radius 1 is 1.11 bits per heavy atom. The first-order chi connectivity index (χ1) is 9.31. The zero-order valence-corrected chi connectivity index (χ0v) is 11.7. The van der Waals surface area contributed by atoms with E-state index in [1.807, 2.05) is 6.07 Å². The molecule has 3 heteroatoms. The van der Waals surface area contributed by atoms with Gasteiger partial charge < -0.3 is 10.6 Å². The second-order valence-corrected chi connectivity index (χ2v) is 5.96. The van der Waals surface area contributed by atoms with Gasteiger partial charge >= 0.3 is 0 Å². The van der Waals surface area contributed by atoms with E-state index in [9.17, 15) is 0 Å². The molecule has 1 saturated heterocycles. The summed E-state index contributed by atoms with van der Waals surface area (Å²) in [5, 5.41) is 0. The van der Waals surface area contributed by atoms with E-state index < -0.39 is 0 Å². The predicted octanol–water partition coefficient (Wildman–Crippen LogP) is 1.98. The minimum Gasteiger partial charge on any atom is -0.399 e. The Morgan fingerprint density at radius 3 is 2.58 bits per heavy atom. The quantitative estimate of drug-likeness (QED) is 0.821. The Labute approximate surface area is 116 Å². The molecule has 3 nitrogen and oxygen atoms in total. The van der Waals surface area contributed by atoms with Gasteiger partial charge in [0.2, 0.25) is 0 Å². The Bertz CT molecular complexity index is 406. The maximum absolute atomic E-state index is 5.81. The summed E-state index contributed by atoms with van der Waals surface area (Å²) in [6.07, 6.45) is 5.27. The third-order valence-corrected chi connectivity index (χ3v) is 4.36. The van der Waals surface area contributed by atoms with E-state index in [1.165, 1.54) is 57.5 Å². The van der Waals surface area contributed by atoms with Gasteiger partial charge in [0.15, 0.2) is 0 Å². The molecule has 2 fully saturated rings. The number of benzene rings is 1. The van der Waals surface area contributed by atoms with Crippen LogP contribution >= 0.6 is 0 Å². The van der Waals surface area contributed by atoms with Crippen molar-refractivity contribution in [2.75, 3.05) is 38.5 Å². The minimum atomic E-state index is 0.885. The Kier molecular flexibility index (Phi) is 4.04. The van der Waals surface area contributed by atoms with Crippen molar-refractivity contribution in [1.82, 2.24) is 9.80 Å². The number of nitrogens with two attached hydrogens (primary N) is 1. The van der Waals surface area contributed by atoms with Gasteiger partial charge in [-0.15, -0.1) is 0 Å². The minimum absolute atomic E-state index is 0.885. The van der Waals surface area contributed by atoms with Gasteiger partial charge in [-0.3, -0.25) is 4.90 Å². The van der Waals surface area contributed by atoms with E-state index in [0.717, 1.165) is 18.2 Å². The summed E-state index contributed by atoms with van der Waals surface area (Å²) in [5.41, 5.74) is 8.06. The van der Waals surface area contributed by atoms with E-state index >= 15 is 0 Å². The zero-order chi connectivity index (χ0) is 13.1. The molecule has 3 rings (SSSR count). The summed E-state index contributed by atoms with van der Waals surface area (Å²) < 4.78 is 0. The average Bonchev–Trinajstić information content (AvgIpc) is 3.24. The monoisotopic (exact) mass is 259 g/mol. The molecule has 0 unspecified atom stereocenters. The van der Waals surface area contributed by atoms with Crippen LogP contribution in [0.15, 0.2) is 24.3 Å². The van der Waals surface area contributed by atoms with Crippen LogP contribution in [0, 0.1) is 0 Å². The number of hydrogen-bond donors (Lipinski definition) is 1. The molecule has 1 aromatic rings. The SMILES string of the molecule is Nc1cccc(CCCN2CCN(C3CC3)CC2)c1. The zero-order valence-electron chi connectivity index (χ0n) is 11.7. The lowest BCUT2D eigenvalue weighted by atomic mass is 10.1. The van der Waals surface area contributed by atoms with Crippen molar-refractivity contribution in [1.29, 1.82) is 0 Å². The maximum atomic E-state index is 5.81. The fourth-order valence-electron chi connectivity index (χ4n) is 3.05. The highest BCUT2D eigenvalue weighted by Crippen LogP contribution is 2.27. The van der Waals surface area contributed by atoms with Crippen LogP contribution < -0.4 is 5.73 Å². The van der Waals surface area contributed by atoms with E-state index in [4.69, 9.17) is 5.73 Å². The van der Waals surface area contributed by atoms with Gasteiger partial charge in [0, 0.05) is 37.9 Å². The molecule has 1 aliphatic heterocycles. The standard InChI is InChI=1S/C16H25N3/c17-15-5-1-3-14(13-15)4-2-8-18-9-11-19(12-10-18)16-6-7-16/h1,3,5,13,16H,2,4,6-12,17H2. The largest absolute Gasteiger partial charge is 0.399 e. The molecule has 0 amide bonds. The van der Waals surface area contributed by atoms with Crippen LogP contribution in [0.4, 0.5) is 5.69 Å². The summed E-state index contributed by atoms with van der Waals surface area (Å²) in [5.74, 6) is 0. The molecule has 0 radical (unpaired) electrons. The predicted molar refractivity (Wildman–Crippen MR) is 80.2 cm³/mol. The van der Waals surface area contributed by atoms with Crippen LogP contribution in [0.1, 0.15) is 24.8 Å². The molecule has 1 saturated carbocycles. The van der Waals surface area contributed by atoms with Crippen molar-refractivity contribution < 1.29 is 0 Å². The van der Waals surface area contributed by atoms with Crippen LogP contribution in [0.25, 0.3) is 0 Å². The molecule has 0 spiro atoms. The lowest BCUT2D eigenvalue weighted by Gasteiger charge is -2.34.